The van der Waals surface area contributed by atoms with Gasteiger partial charge in [0.2, 0.25) is 11.7 Å². The summed E-state index contributed by atoms with van der Waals surface area (Å²) in [6.45, 7) is 4.49. The summed E-state index contributed by atoms with van der Waals surface area (Å²) < 4.78 is 10.9. The highest BCUT2D eigenvalue weighted by Crippen LogP contribution is 2.24. The molecule has 0 amide bonds. The van der Waals surface area contributed by atoms with Crippen molar-refractivity contribution in [3.05, 3.63) is 47.6 Å². The van der Waals surface area contributed by atoms with Crippen molar-refractivity contribution < 1.29 is 9.26 Å². The van der Waals surface area contributed by atoms with Crippen LogP contribution in [0.3, 0.4) is 0 Å². The van der Waals surface area contributed by atoms with Gasteiger partial charge in [0, 0.05) is 6.61 Å². The molecule has 2 atom stereocenters. The fourth-order valence-corrected chi connectivity index (χ4v) is 1.79. The molecule has 0 radical (unpaired) electrons. The average Bonchev–Trinajstić information content (AvgIpc) is 2.94. The molecule has 1 unspecified atom stereocenters. The summed E-state index contributed by atoms with van der Waals surface area (Å²) in [4.78, 5) is 4.35. The van der Waals surface area contributed by atoms with Crippen LogP contribution in [-0.2, 0) is 4.74 Å². The Morgan fingerprint density at radius 2 is 2.00 bits per heavy atom. The lowest BCUT2D eigenvalue weighted by Crippen LogP contribution is -2.11. The molecule has 1 aromatic carbocycles. The number of rotatable bonds is 6. The van der Waals surface area contributed by atoms with Crippen molar-refractivity contribution >= 4 is 0 Å². The monoisotopic (exact) mass is 261 g/mol. The van der Waals surface area contributed by atoms with Crippen LogP contribution in [0.15, 0.2) is 34.9 Å². The van der Waals surface area contributed by atoms with Crippen molar-refractivity contribution in [2.45, 2.75) is 32.4 Å². The summed E-state index contributed by atoms with van der Waals surface area (Å²) in [5.41, 5.74) is 6.88. The molecule has 0 aliphatic carbocycles. The molecule has 0 fully saturated rings. The van der Waals surface area contributed by atoms with Gasteiger partial charge < -0.3 is 15.0 Å². The second-order valence-electron chi connectivity index (χ2n) is 4.25. The van der Waals surface area contributed by atoms with Crippen LogP contribution in [0, 0.1) is 0 Å². The number of benzene rings is 1. The van der Waals surface area contributed by atoms with Gasteiger partial charge in [-0.2, -0.15) is 4.98 Å². The Kier molecular flexibility index (Phi) is 4.65. The molecule has 102 valence electrons. The second-order valence-corrected chi connectivity index (χ2v) is 4.25. The van der Waals surface area contributed by atoms with E-state index in [1.165, 1.54) is 0 Å². The van der Waals surface area contributed by atoms with Crippen molar-refractivity contribution in [3.63, 3.8) is 0 Å². The molecule has 1 aromatic heterocycles. The fraction of sp³-hybridized carbons (Fsp3) is 0.429. The molecule has 2 aromatic rings. The summed E-state index contributed by atoms with van der Waals surface area (Å²) in [6.07, 6.45) is 0.444. The first-order valence-electron chi connectivity index (χ1n) is 6.51. The lowest BCUT2D eigenvalue weighted by molar-refractivity contribution is 0.0833. The van der Waals surface area contributed by atoms with E-state index in [1.807, 2.05) is 44.2 Å². The smallest absolute Gasteiger partial charge is 0.243 e. The summed E-state index contributed by atoms with van der Waals surface area (Å²) in [7, 11) is 0. The predicted molar refractivity (Wildman–Crippen MR) is 71.4 cm³/mol. The third-order valence-electron chi connectivity index (χ3n) is 2.88. The van der Waals surface area contributed by atoms with Crippen LogP contribution in [0.5, 0.6) is 0 Å². The predicted octanol–water partition coefficient (Wildman–Crippen LogP) is 2.61. The SMILES string of the molecule is CCOC(c1ccccc1)c1noc([C@@H](N)CC)n1. The molecule has 0 saturated carbocycles. The van der Waals surface area contributed by atoms with Crippen molar-refractivity contribution in [3.8, 4) is 0 Å². The van der Waals surface area contributed by atoms with E-state index in [1.54, 1.807) is 0 Å². The quantitative estimate of drug-likeness (QED) is 0.865. The van der Waals surface area contributed by atoms with Crippen LogP contribution in [0.25, 0.3) is 0 Å². The average molecular weight is 261 g/mol. The molecule has 0 aliphatic rings. The Labute approximate surface area is 112 Å². The first kappa shape index (κ1) is 13.7. The number of nitrogens with two attached hydrogens (primary N) is 1. The number of nitrogens with zero attached hydrogens (tertiary/aromatic N) is 2. The third-order valence-corrected chi connectivity index (χ3v) is 2.88. The van der Waals surface area contributed by atoms with Gasteiger partial charge in [0.15, 0.2) is 0 Å². The van der Waals surface area contributed by atoms with E-state index in [4.69, 9.17) is 15.0 Å². The standard InChI is InChI=1S/C14H19N3O2/c1-3-11(15)14-16-13(17-19-14)12(18-4-2)10-8-6-5-7-9-10/h5-9,11-12H,3-4,15H2,1-2H3/t11-,12?/m0/s1. The first-order chi connectivity index (χ1) is 9.26. The van der Waals surface area contributed by atoms with Gasteiger partial charge in [-0.05, 0) is 18.9 Å². The van der Waals surface area contributed by atoms with Crippen LogP contribution < -0.4 is 5.73 Å². The van der Waals surface area contributed by atoms with Crippen LogP contribution >= 0.6 is 0 Å². The topological polar surface area (TPSA) is 74.2 Å². The van der Waals surface area contributed by atoms with E-state index in [-0.39, 0.29) is 12.1 Å². The van der Waals surface area contributed by atoms with Crippen molar-refractivity contribution in [2.24, 2.45) is 5.73 Å². The van der Waals surface area contributed by atoms with Crippen LogP contribution in [0.1, 0.15) is 49.7 Å². The third kappa shape index (κ3) is 3.19. The van der Waals surface area contributed by atoms with E-state index in [2.05, 4.69) is 10.1 Å². The first-order valence-corrected chi connectivity index (χ1v) is 6.51. The zero-order valence-electron chi connectivity index (χ0n) is 11.2. The largest absolute Gasteiger partial charge is 0.366 e. The highest BCUT2D eigenvalue weighted by atomic mass is 16.5. The molecular weight excluding hydrogens is 242 g/mol. The molecule has 0 spiro atoms. The maximum atomic E-state index is 5.88. The van der Waals surface area contributed by atoms with Crippen molar-refractivity contribution in [1.82, 2.24) is 10.1 Å². The summed E-state index contributed by atoms with van der Waals surface area (Å²) >= 11 is 0. The van der Waals surface area contributed by atoms with Gasteiger partial charge in [-0.3, -0.25) is 0 Å². The summed E-state index contributed by atoms with van der Waals surface area (Å²) in [6, 6.07) is 9.62. The van der Waals surface area contributed by atoms with Gasteiger partial charge >= 0.3 is 0 Å². The second kappa shape index (κ2) is 6.45. The summed E-state index contributed by atoms with van der Waals surface area (Å²) in [5, 5.41) is 3.99. The Balaban J connectivity index is 2.27. The van der Waals surface area contributed by atoms with Gasteiger partial charge in [0.25, 0.3) is 0 Å². The lowest BCUT2D eigenvalue weighted by atomic mass is 10.1. The minimum absolute atomic E-state index is 0.223. The van der Waals surface area contributed by atoms with Crippen LogP contribution in [0.2, 0.25) is 0 Å². The number of aromatic nitrogens is 2. The summed E-state index contributed by atoms with van der Waals surface area (Å²) in [5.74, 6) is 0.977. The lowest BCUT2D eigenvalue weighted by Gasteiger charge is -2.13. The van der Waals surface area contributed by atoms with Crippen molar-refractivity contribution in [1.29, 1.82) is 0 Å². The highest BCUT2D eigenvalue weighted by Gasteiger charge is 2.22. The molecule has 5 nitrogen and oxygen atoms in total. The molecular formula is C14H19N3O2. The molecule has 5 heteroatoms. The molecule has 0 bridgehead atoms. The maximum absolute atomic E-state index is 5.88. The van der Waals surface area contributed by atoms with Gasteiger partial charge in [-0.1, -0.05) is 42.4 Å². The number of ether oxygens (including phenoxy) is 1. The van der Waals surface area contributed by atoms with Gasteiger partial charge in [-0.15, -0.1) is 0 Å². The Morgan fingerprint density at radius 1 is 1.26 bits per heavy atom. The Morgan fingerprint density at radius 3 is 2.63 bits per heavy atom. The highest BCUT2D eigenvalue weighted by molar-refractivity contribution is 5.22. The number of hydrogen-bond acceptors (Lipinski definition) is 5. The number of hydrogen-bond donors (Lipinski definition) is 1. The van der Waals surface area contributed by atoms with E-state index < -0.39 is 0 Å². The van der Waals surface area contributed by atoms with E-state index in [0.717, 1.165) is 12.0 Å². The zero-order chi connectivity index (χ0) is 13.7. The molecule has 2 N–H and O–H groups in total. The van der Waals surface area contributed by atoms with E-state index >= 15 is 0 Å². The molecule has 0 saturated heterocycles. The van der Waals surface area contributed by atoms with Gasteiger partial charge in [0.05, 0.1) is 6.04 Å². The molecule has 2 rings (SSSR count). The Bertz CT molecular complexity index is 498. The molecule has 19 heavy (non-hydrogen) atoms. The fourth-order valence-electron chi connectivity index (χ4n) is 1.79. The maximum Gasteiger partial charge on any atom is 0.243 e. The van der Waals surface area contributed by atoms with E-state index in [9.17, 15) is 0 Å². The normalized spacial score (nSPS) is 14.3. The minimum atomic E-state index is -0.312. The van der Waals surface area contributed by atoms with E-state index in [0.29, 0.717) is 18.3 Å². The molecule has 1 heterocycles. The van der Waals surface area contributed by atoms with Crippen LogP contribution in [0.4, 0.5) is 0 Å². The van der Waals surface area contributed by atoms with Gasteiger partial charge in [-0.25, -0.2) is 0 Å². The van der Waals surface area contributed by atoms with Crippen molar-refractivity contribution in [2.75, 3.05) is 6.61 Å². The zero-order valence-corrected chi connectivity index (χ0v) is 11.2. The Hall–Kier alpha value is -1.72. The van der Waals surface area contributed by atoms with Crippen LogP contribution in [-0.4, -0.2) is 16.7 Å². The van der Waals surface area contributed by atoms with Gasteiger partial charge in [0.1, 0.15) is 6.10 Å². The molecule has 0 aliphatic heterocycles. The minimum Gasteiger partial charge on any atom is -0.366 e.